The normalized spacial score (nSPS) is 17.6. The lowest BCUT2D eigenvalue weighted by Crippen LogP contribution is -2.42. The number of nitrogens with one attached hydrogen (secondary N) is 2. The van der Waals surface area contributed by atoms with Gasteiger partial charge < -0.3 is 20.2 Å². The van der Waals surface area contributed by atoms with Crippen LogP contribution in [-0.4, -0.2) is 46.8 Å². The molecule has 0 amide bonds. The fourth-order valence-corrected chi connectivity index (χ4v) is 6.94. The minimum absolute atomic E-state index is 0.104. The summed E-state index contributed by atoms with van der Waals surface area (Å²) in [5, 5.41) is 18.7. The van der Waals surface area contributed by atoms with Crippen LogP contribution >= 0.6 is 22.9 Å². The van der Waals surface area contributed by atoms with Gasteiger partial charge in [-0.2, -0.15) is 4.31 Å². The molecule has 3 N–H and O–H groups in total. The van der Waals surface area contributed by atoms with E-state index in [-0.39, 0.29) is 46.1 Å². The van der Waals surface area contributed by atoms with E-state index in [0.717, 1.165) is 17.8 Å². The van der Waals surface area contributed by atoms with E-state index in [1.807, 2.05) is 20.8 Å². The van der Waals surface area contributed by atoms with Crippen LogP contribution in [0.2, 0.25) is 5.02 Å². The second-order valence-corrected chi connectivity index (χ2v) is 12.5. The lowest BCUT2D eigenvalue weighted by molar-refractivity contribution is 0.228. The Morgan fingerprint density at radius 2 is 1.91 bits per heavy atom. The van der Waals surface area contributed by atoms with Crippen LogP contribution in [0.1, 0.15) is 52.8 Å². The second-order valence-electron chi connectivity index (χ2n) is 8.20. The highest BCUT2D eigenvalue weighted by Gasteiger charge is 2.35. The number of hydrogen-bond donors (Lipinski definition) is 3. The van der Waals surface area contributed by atoms with E-state index in [9.17, 15) is 17.7 Å². The molecule has 0 aromatic carbocycles. The Hall–Kier alpha value is -1.93. The zero-order valence-electron chi connectivity index (χ0n) is 19.5. The van der Waals surface area contributed by atoms with Gasteiger partial charge in [0, 0.05) is 24.5 Å². The monoisotopic (exact) mass is 549 g/mol. The Labute approximate surface area is 210 Å². The van der Waals surface area contributed by atoms with E-state index in [4.69, 9.17) is 16.0 Å². The predicted molar refractivity (Wildman–Crippen MR) is 136 cm³/mol. The number of halogens is 1. The van der Waals surface area contributed by atoms with Crippen molar-refractivity contribution in [2.75, 3.05) is 18.4 Å². The Morgan fingerprint density at radius 3 is 2.47 bits per heavy atom. The van der Waals surface area contributed by atoms with Gasteiger partial charge in [0.1, 0.15) is 12.0 Å². The topological polar surface area (TPSA) is 137 Å². The zero-order chi connectivity index (χ0) is 25.3. The fourth-order valence-electron chi connectivity index (χ4n) is 3.33. The summed E-state index contributed by atoms with van der Waals surface area (Å²) in [7, 11) is -3.85. The predicted octanol–water partition coefficient (Wildman–Crippen LogP) is 4.30. The van der Waals surface area contributed by atoms with Crippen molar-refractivity contribution in [1.82, 2.24) is 9.62 Å². The lowest BCUT2D eigenvalue weighted by atomic mass is 9.80. The van der Waals surface area contributed by atoms with Gasteiger partial charge in [-0.3, -0.25) is 0 Å². The number of aromatic hydroxyl groups is 1. The third-order valence-corrected chi connectivity index (χ3v) is 10.1. The van der Waals surface area contributed by atoms with Gasteiger partial charge in [-0.25, -0.2) is 12.6 Å². The standard InChI is InChI=1S/C20H28ClN5O5S3/c1-6-20(4,5)16(14-9-12(21)10-31-14)23-18-17(24-33(28)25-18)22-13-11-32-19(15(13)27)34(29,30)26(7-2)8-3/h9-11,16,27H,6-8H2,1-5H3,(H,22,24)(H,23,25)/t16-,33?/m0/s1. The second kappa shape index (κ2) is 10.4. The van der Waals surface area contributed by atoms with E-state index in [0.29, 0.717) is 10.8 Å². The van der Waals surface area contributed by atoms with Gasteiger partial charge in [-0.15, -0.1) is 20.1 Å². The van der Waals surface area contributed by atoms with Crippen molar-refractivity contribution in [3.63, 3.8) is 0 Å². The molecule has 2 aromatic heterocycles. The molecule has 0 fully saturated rings. The van der Waals surface area contributed by atoms with Gasteiger partial charge in [0.15, 0.2) is 21.6 Å². The molecule has 0 spiro atoms. The first-order chi connectivity index (χ1) is 15.9. The lowest BCUT2D eigenvalue weighted by Gasteiger charge is -2.33. The molecule has 0 bridgehead atoms. The molecule has 3 rings (SSSR count). The molecule has 2 atom stereocenters. The number of anilines is 1. The molecule has 10 nitrogen and oxygen atoms in total. The van der Waals surface area contributed by atoms with E-state index in [1.165, 1.54) is 15.9 Å². The number of nitrogens with zero attached hydrogens (tertiary/aromatic N) is 3. The summed E-state index contributed by atoms with van der Waals surface area (Å²) in [6, 6.07) is 1.31. The van der Waals surface area contributed by atoms with Crippen molar-refractivity contribution in [3.05, 3.63) is 28.5 Å². The van der Waals surface area contributed by atoms with Crippen LogP contribution in [0.25, 0.3) is 0 Å². The molecule has 188 valence electrons. The Morgan fingerprint density at radius 1 is 1.26 bits per heavy atom. The van der Waals surface area contributed by atoms with Crippen LogP contribution in [0.5, 0.6) is 5.75 Å². The SMILES string of the molecule is CCN(CC)S(=O)(=O)c1scc(NC2=NS(=O)N=C2N[C@@H](c2cc(Cl)co2)C(C)(C)CC)c1O. The highest BCUT2D eigenvalue weighted by Crippen LogP contribution is 2.40. The Bertz CT molecular complexity index is 1230. The van der Waals surface area contributed by atoms with Gasteiger partial charge in [0.2, 0.25) is 0 Å². The number of amidine groups is 2. The maximum atomic E-state index is 12.8. The zero-order valence-corrected chi connectivity index (χ0v) is 22.7. The molecular formula is C20H28ClN5O5S3. The summed E-state index contributed by atoms with van der Waals surface area (Å²) in [4.78, 5) is 0. The number of rotatable bonds is 9. The maximum Gasteiger partial charge on any atom is 0.269 e. The number of furan rings is 1. The summed E-state index contributed by atoms with van der Waals surface area (Å²) >= 11 is 5.05. The van der Waals surface area contributed by atoms with E-state index in [2.05, 4.69) is 19.4 Å². The summed E-state index contributed by atoms with van der Waals surface area (Å²) in [5.74, 6) is 0.436. The molecule has 0 radical (unpaired) electrons. The maximum absolute atomic E-state index is 12.8. The van der Waals surface area contributed by atoms with Gasteiger partial charge >= 0.3 is 0 Å². The largest absolute Gasteiger partial charge is 0.504 e. The van der Waals surface area contributed by atoms with Crippen LogP contribution in [0.4, 0.5) is 5.69 Å². The first-order valence-electron chi connectivity index (χ1n) is 10.6. The summed E-state index contributed by atoms with van der Waals surface area (Å²) < 4.78 is 52.6. The van der Waals surface area contributed by atoms with Crippen molar-refractivity contribution in [2.24, 2.45) is 14.2 Å². The molecule has 2 aromatic rings. The highest BCUT2D eigenvalue weighted by atomic mass is 35.5. The van der Waals surface area contributed by atoms with E-state index in [1.54, 1.807) is 19.9 Å². The van der Waals surface area contributed by atoms with Gasteiger partial charge in [0.25, 0.3) is 21.2 Å². The van der Waals surface area contributed by atoms with Gasteiger partial charge in [-0.1, -0.05) is 46.2 Å². The molecule has 14 heteroatoms. The van der Waals surface area contributed by atoms with Crippen molar-refractivity contribution >= 4 is 61.5 Å². The van der Waals surface area contributed by atoms with Crippen LogP contribution < -0.4 is 10.6 Å². The molecular weight excluding hydrogens is 522 g/mol. The van der Waals surface area contributed by atoms with Crippen molar-refractivity contribution in [3.8, 4) is 5.75 Å². The highest BCUT2D eigenvalue weighted by molar-refractivity contribution is 7.91. The average molecular weight is 550 g/mol. The van der Waals surface area contributed by atoms with E-state index < -0.39 is 26.9 Å². The fraction of sp³-hybridized carbons (Fsp3) is 0.500. The molecule has 1 unspecified atom stereocenters. The van der Waals surface area contributed by atoms with Crippen LogP contribution in [0.15, 0.2) is 35.1 Å². The van der Waals surface area contributed by atoms with E-state index >= 15 is 0 Å². The van der Waals surface area contributed by atoms with Crippen LogP contribution in [0, 0.1) is 5.41 Å². The molecule has 1 aliphatic rings. The first-order valence-corrected chi connectivity index (χ1v) is 14.4. The minimum Gasteiger partial charge on any atom is -0.504 e. The minimum atomic E-state index is -3.85. The molecule has 34 heavy (non-hydrogen) atoms. The number of thiophene rings is 1. The molecule has 0 saturated heterocycles. The average Bonchev–Trinajstić information content (AvgIpc) is 3.46. The van der Waals surface area contributed by atoms with Crippen molar-refractivity contribution < 1.29 is 22.2 Å². The molecule has 1 aliphatic heterocycles. The van der Waals surface area contributed by atoms with Crippen molar-refractivity contribution in [2.45, 2.75) is 51.3 Å². The van der Waals surface area contributed by atoms with Crippen LogP contribution in [0.3, 0.4) is 0 Å². The third-order valence-electron chi connectivity index (χ3n) is 5.67. The smallest absolute Gasteiger partial charge is 0.269 e. The number of hydrogen-bond acceptors (Lipinski definition) is 8. The Balaban J connectivity index is 1.89. The molecule has 3 heterocycles. The Kier molecular flexibility index (Phi) is 8.13. The number of sulfonamides is 1. The first kappa shape index (κ1) is 26.7. The van der Waals surface area contributed by atoms with Gasteiger partial charge in [-0.05, 0) is 11.8 Å². The summed E-state index contributed by atoms with van der Waals surface area (Å²) in [6.07, 6.45) is 2.21. The van der Waals surface area contributed by atoms with Crippen LogP contribution in [-0.2, 0) is 21.2 Å². The summed E-state index contributed by atoms with van der Waals surface area (Å²) in [5.41, 5.74) is -0.191. The van der Waals surface area contributed by atoms with Gasteiger partial charge in [0.05, 0.1) is 16.8 Å². The molecule has 0 saturated carbocycles. The molecule has 0 aliphatic carbocycles. The quantitative estimate of drug-likeness (QED) is 0.424. The van der Waals surface area contributed by atoms with Crippen molar-refractivity contribution in [1.29, 1.82) is 0 Å². The summed E-state index contributed by atoms with van der Waals surface area (Å²) in [6.45, 7) is 10.1. The third kappa shape index (κ3) is 5.33.